The maximum absolute atomic E-state index is 12.7. The lowest BCUT2D eigenvalue weighted by Crippen LogP contribution is -2.42. The Bertz CT molecular complexity index is 251. The van der Waals surface area contributed by atoms with E-state index in [4.69, 9.17) is 13.3 Å². The number of rotatable bonds is 13. The van der Waals surface area contributed by atoms with Gasteiger partial charge in [0.1, 0.15) is 0 Å². The van der Waals surface area contributed by atoms with Crippen LogP contribution in [0.3, 0.4) is 0 Å². The van der Waals surface area contributed by atoms with E-state index >= 15 is 0 Å². The molecule has 0 amide bonds. The molecule has 0 bridgehead atoms. The summed E-state index contributed by atoms with van der Waals surface area (Å²) in [6, 6.07) is 0.828. The summed E-state index contributed by atoms with van der Waals surface area (Å²) in [6.07, 6.45) is 4.61. The molecule has 0 aliphatic rings. The van der Waals surface area contributed by atoms with Gasteiger partial charge < -0.3 is 13.3 Å². The zero-order valence-electron chi connectivity index (χ0n) is 14.2. The lowest BCUT2D eigenvalue weighted by Gasteiger charge is -2.24. The Hall–Kier alpha value is -0.0431. The van der Waals surface area contributed by atoms with Gasteiger partial charge in [0.25, 0.3) is 0 Å². The quantitative estimate of drug-likeness (QED) is 0.356. The molecule has 3 nitrogen and oxygen atoms in total. The molecule has 0 spiro atoms. The summed E-state index contributed by atoms with van der Waals surface area (Å²) in [4.78, 5) is 0. The first-order valence-electron chi connectivity index (χ1n) is 7.77. The van der Waals surface area contributed by atoms with Crippen LogP contribution in [-0.4, -0.2) is 36.6 Å². The fourth-order valence-electron chi connectivity index (χ4n) is 2.29. The number of alkyl halides is 2. The number of hydrogen-bond donors (Lipinski definition) is 0. The van der Waals surface area contributed by atoms with Gasteiger partial charge in [0.2, 0.25) is 6.43 Å². The Balaban J connectivity index is 3.61. The van der Waals surface area contributed by atoms with E-state index in [1.165, 1.54) is 0 Å². The fraction of sp³-hybridized carbons (Fsp3) is 1.00. The topological polar surface area (TPSA) is 27.7 Å². The third kappa shape index (κ3) is 8.23. The largest absolute Gasteiger partial charge is 0.500 e. The van der Waals surface area contributed by atoms with E-state index in [9.17, 15) is 8.78 Å². The molecular formula is C15H32F2O3Si. The van der Waals surface area contributed by atoms with E-state index in [-0.39, 0.29) is 0 Å². The monoisotopic (exact) mass is 326 g/mol. The third-order valence-corrected chi connectivity index (χ3v) is 6.91. The molecule has 6 heteroatoms. The lowest BCUT2D eigenvalue weighted by molar-refractivity contribution is 0.0124. The second kappa shape index (κ2) is 10.6. The molecule has 0 aromatic carbocycles. The Morgan fingerprint density at radius 3 is 1.67 bits per heavy atom. The van der Waals surface area contributed by atoms with Crippen LogP contribution in [0.2, 0.25) is 6.04 Å². The van der Waals surface area contributed by atoms with Crippen LogP contribution in [-0.2, 0) is 13.3 Å². The van der Waals surface area contributed by atoms with Crippen molar-refractivity contribution < 1.29 is 22.1 Å². The van der Waals surface area contributed by atoms with Crippen molar-refractivity contribution in [1.29, 1.82) is 0 Å². The van der Waals surface area contributed by atoms with E-state index in [2.05, 4.69) is 0 Å². The highest BCUT2D eigenvalue weighted by Gasteiger charge is 2.36. The van der Waals surface area contributed by atoms with Crippen molar-refractivity contribution in [2.45, 2.75) is 71.3 Å². The molecule has 0 atom stereocenters. The van der Waals surface area contributed by atoms with Crippen LogP contribution in [0.15, 0.2) is 0 Å². The van der Waals surface area contributed by atoms with Crippen LogP contribution in [0.1, 0.15) is 58.8 Å². The molecule has 0 saturated carbocycles. The Kier molecular flexibility index (Phi) is 10.6. The summed E-state index contributed by atoms with van der Waals surface area (Å²) in [7, 11) is 2.47. The highest BCUT2D eigenvalue weighted by molar-refractivity contribution is 6.60. The van der Waals surface area contributed by atoms with Crippen molar-refractivity contribution in [2.75, 3.05) is 21.3 Å². The summed E-state index contributed by atoms with van der Waals surface area (Å²) in [6.45, 7) is 3.28. The second-order valence-electron chi connectivity index (χ2n) is 6.21. The minimum Gasteiger partial charge on any atom is -0.377 e. The zero-order valence-corrected chi connectivity index (χ0v) is 15.2. The summed E-state index contributed by atoms with van der Waals surface area (Å²) >= 11 is 0. The smallest absolute Gasteiger partial charge is 0.377 e. The molecule has 0 rings (SSSR count). The van der Waals surface area contributed by atoms with E-state index in [1.807, 2.05) is 0 Å². The Labute approximate surface area is 129 Å². The van der Waals surface area contributed by atoms with Crippen LogP contribution in [0.4, 0.5) is 8.78 Å². The fourth-order valence-corrected chi connectivity index (χ4v) is 4.09. The van der Waals surface area contributed by atoms with Crippen molar-refractivity contribution in [3.8, 4) is 0 Å². The van der Waals surface area contributed by atoms with E-state index < -0.39 is 20.6 Å². The minimum absolute atomic E-state index is 0.595. The maximum atomic E-state index is 12.7. The summed E-state index contributed by atoms with van der Waals surface area (Å²) < 4.78 is 41.4. The Morgan fingerprint density at radius 2 is 1.24 bits per heavy atom. The van der Waals surface area contributed by atoms with Crippen LogP contribution in [0, 0.1) is 5.41 Å². The van der Waals surface area contributed by atoms with Gasteiger partial charge in [0, 0.05) is 32.8 Å². The van der Waals surface area contributed by atoms with Crippen molar-refractivity contribution >= 4 is 8.80 Å². The number of hydrogen-bond acceptors (Lipinski definition) is 3. The molecule has 21 heavy (non-hydrogen) atoms. The van der Waals surface area contributed by atoms with E-state index in [1.54, 1.807) is 35.2 Å². The van der Waals surface area contributed by atoms with Crippen molar-refractivity contribution in [3.05, 3.63) is 0 Å². The van der Waals surface area contributed by atoms with Crippen molar-refractivity contribution in [1.82, 2.24) is 0 Å². The van der Waals surface area contributed by atoms with Gasteiger partial charge in [-0.15, -0.1) is 0 Å². The van der Waals surface area contributed by atoms with Gasteiger partial charge in [0.05, 0.1) is 0 Å². The molecule has 0 radical (unpaired) electrons. The lowest BCUT2D eigenvalue weighted by atomic mass is 9.87. The molecule has 0 unspecified atom stereocenters. The van der Waals surface area contributed by atoms with Gasteiger partial charge in [-0.1, -0.05) is 46.0 Å². The van der Waals surface area contributed by atoms with Gasteiger partial charge in [-0.2, -0.15) is 0 Å². The van der Waals surface area contributed by atoms with Gasteiger partial charge in [-0.05, 0) is 12.8 Å². The highest BCUT2D eigenvalue weighted by atomic mass is 28.4. The first-order chi connectivity index (χ1) is 9.83. The summed E-state index contributed by atoms with van der Waals surface area (Å²) in [5, 5.41) is 0. The number of unbranched alkanes of at least 4 members (excludes halogenated alkanes) is 5. The first kappa shape index (κ1) is 21.0. The summed E-state index contributed by atoms with van der Waals surface area (Å²) in [5.41, 5.74) is -0.847. The van der Waals surface area contributed by atoms with Crippen LogP contribution < -0.4 is 0 Å². The standard InChI is InChI=1S/C15H32F2O3Si/c1-15(2,14(16)17)12-10-8-6-7-9-11-13-21(18-3,19-4)20-5/h14H,6-13H2,1-5H3. The Morgan fingerprint density at radius 1 is 0.810 bits per heavy atom. The van der Waals surface area contributed by atoms with Gasteiger partial charge in [-0.3, -0.25) is 0 Å². The molecule has 0 aromatic rings. The second-order valence-corrected chi connectivity index (χ2v) is 9.30. The molecule has 0 saturated heterocycles. The highest BCUT2D eigenvalue weighted by Crippen LogP contribution is 2.31. The minimum atomic E-state index is -2.41. The molecule has 0 aromatic heterocycles. The van der Waals surface area contributed by atoms with Crippen LogP contribution >= 0.6 is 0 Å². The van der Waals surface area contributed by atoms with Crippen molar-refractivity contribution in [3.63, 3.8) is 0 Å². The average Bonchev–Trinajstić information content (AvgIpc) is 2.46. The predicted octanol–water partition coefficient (Wildman–Crippen LogP) is 4.89. The molecule has 0 aliphatic heterocycles. The van der Waals surface area contributed by atoms with Crippen molar-refractivity contribution in [2.24, 2.45) is 5.41 Å². The van der Waals surface area contributed by atoms with Gasteiger partial charge >= 0.3 is 8.80 Å². The first-order valence-corrected chi connectivity index (χ1v) is 9.70. The van der Waals surface area contributed by atoms with E-state index in [0.29, 0.717) is 6.42 Å². The number of halogens is 2. The predicted molar refractivity (Wildman–Crippen MR) is 83.7 cm³/mol. The molecule has 0 fully saturated rings. The molecule has 0 N–H and O–H groups in total. The van der Waals surface area contributed by atoms with Crippen LogP contribution in [0.25, 0.3) is 0 Å². The van der Waals surface area contributed by atoms with Gasteiger partial charge in [0.15, 0.2) is 0 Å². The summed E-state index contributed by atoms with van der Waals surface area (Å²) in [5.74, 6) is 0. The average molecular weight is 327 g/mol. The SMILES string of the molecule is CO[Si](CCCCCCCCC(C)(C)C(F)F)(OC)OC. The third-order valence-electron chi connectivity index (χ3n) is 4.08. The maximum Gasteiger partial charge on any atom is 0.500 e. The van der Waals surface area contributed by atoms with Gasteiger partial charge in [-0.25, -0.2) is 8.78 Å². The molecular weight excluding hydrogens is 294 g/mol. The molecule has 128 valence electrons. The van der Waals surface area contributed by atoms with E-state index in [0.717, 1.165) is 44.6 Å². The van der Waals surface area contributed by atoms with Crippen LogP contribution in [0.5, 0.6) is 0 Å². The normalized spacial score (nSPS) is 13.1. The zero-order chi connectivity index (χ0) is 16.4. The molecule has 0 heterocycles. The molecule has 0 aliphatic carbocycles.